The number of carbonyl (C=O) groups is 2. The molecule has 1 aromatic rings. The molecule has 1 N–H and O–H groups in total. The van der Waals surface area contributed by atoms with Crippen LogP contribution >= 0.6 is 27.7 Å². The third-order valence-corrected chi connectivity index (χ3v) is 4.17. The lowest BCUT2D eigenvalue weighted by atomic mass is 10.2. The van der Waals surface area contributed by atoms with Gasteiger partial charge in [-0.3, -0.25) is 9.59 Å². The van der Waals surface area contributed by atoms with Crippen molar-refractivity contribution in [2.24, 2.45) is 0 Å². The van der Waals surface area contributed by atoms with Crippen LogP contribution in [-0.4, -0.2) is 34.5 Å². The molecule has 90 valence electrons. The van der Waals surface area contributed by atoms with Crippen LogP contribution in [0.2, 0.25) is 0 Å². The number of anilines is 1. The van der Waals surface area contributed by atoms with E-state index in [1.165, 1.54) is 16.7 Å². The second kappa shape index (κ2) is 5.10. The number of nitrogens with zero attached hydrogens (tertiary/aromatic N) is 1. The average Bonchev–Trinajstić information content (AvgIpc) is 2.31. The number of rotatable bonds is 2. The summed E-state index contributed by atoms with van der Waals surface area (Å²) in [4.78, 5) is 24.2. The van der Waals surface area contributed by atoms with Gasteiger partial charge in [0.1, 0.15) is 5.25 Å². The Morgan fingerprint density at radius 1 is 1.41 bits per heavy atom. The number of carboxylic acid groups (broad SMARTS) is 1. The summed E-state index contributed by atoms with van der Waals surface area (Å²) in [6, 6.07) is 7.27. The Hall–Kier alpha value is -1.01. The molecule has 1 unspecified atom stereocenters. The fraction of sp³-hybridized carbons (Fsp3) is 0.273. The fourth-order valence-corrected chi connectivity index (χ4v) is 2.75. The lowest BCUT2D eigenvalue weighted by Crippen LogP contribution is -2.45. The number of halogens is 1. The van der Waals surface area contributed by atoms with Crippen LogP contribution < -0.4 is 4.90 Å². The maximum absolute atomic E-state index is 11.7. The van der Waals surface area contributed by atoms with Crippen molar-refractivity contribution in [1.29, 1.82) is 0 Å². The van der Waals surface area contributed by atoms with Gasteiger partial charge >= 0.3 is 5.97 Å². The van der Waals surface area contributed by atoms with Crippen molar-refractivity contribution in [3.63, 3.8) is 0 Å². The first-order valence-electron chi connectivity index (χ1n) is 4.98. The van der Waals surface area contributed by atoms with Crippen LogP contribution in [0.25, 0.3) is 0 Å². The summed E-state index contributed by atoms with van der Waals surface area (Å²) in [5.41, 5.74) is 0.741. The molecule has 0 radical (unpaired) electrons. The quantitative estimate of drug-likeness (QED) is 0.906. The largest absolute Gasteiger partial charge is 0.480 e. The number of carbonyl (C=O) groups excluding carboxylic acids is 1. The molecular formula is C11H10BrNO3S. The first-order chi connectivity index (χ1) is 8.08. The van der Waals surface area contributed by atoms with Gasteiger partial charge in [0, 0.05) is 16.7 Å². The average molecular weight is 316 g/mol. The van der Waals surface area contributed by atoms with E-state index in [1.54, 1.807) is 12.1 Å². The highest BCUT2D eigenvalue weighted by Crippen LogP contribution is 2.26. The normalized spacial score (nSPS) is 20.4. The Labute approximate surface area is 111 Å². The maximum atomic E-state index is 11.7. The second-order valence-corrected chi connectivity index (χ2v) is 5.73. The zero-order chi connectivity index (χ0) is 12.4. The third-order valence-electron chi connectivity index (χ3n) is 2.47. The van der Waals surface area contributed by atoms with E-state index in [0.29, 0.717) is 0 Å². The Kier molecular flexibility index (Phi) is 3.73. The SMILES string of the molecule is O=C(O)C1CN(c2ccc(Br)cc2)C(=O)CS1. The topological polar surface area (TPSA) is 57.6 Å². The number of benzene rings is 1. The van der Waals surface area contributed by atoms with Gasteiger partial charge in [0.25, 0.3) is 0 Å². The number of hydrogen-bond acceptors (Lipinski definition) is 3. The van der Waals surface area contributed by atoms with Crippen LogP contribution in [0.5, 0.6) is 0 Å². The van der Waals surface area contributed by atoms with Gasteiger partial charge in [0.15, 0.2) is 0 Å². The molecule has 4 nitrogen and oxygen atoms in total. The molecule has 6 heteroatoms. The molecule has 0 bridgehead atoms. The monoisotopic (exact) mass is 315 g/mol. The van der Waals surface area contributed by atoms with Crippen molar-refractivity contribution in [1.82, 2.24) is 0 Å². The highest BCUT2D eigenvalue weighted by Gasteiger charge is 2.31. The molecule has 1 amide bonds. The molecule has 0 aliphatic carbocycles. The standard InChI is InChI=1S/C11H10BrNO3S/c12-7-1-3-8(4-2-7)13-5-9(11(15)16)17-6-10(13)14/h1-4,9H,5-6H2,(H,15,16). The molecule has 1 saturated heterocycles. The van der Waals surface area contributed by atoms with E-state index in [2.05, 4.69) is 15.9 Å². The van der Waals surface area contributed by atoms with Crippen LogP contribution in [0.4, 0.5) is 5.69 Å². The molecule has 1 aliphatic rings. The van der Waals surface area contributed by atoms with E-state index >= 15 is 0 Å². The van der Waals surface area contributed by atoms with Crippen LogP contribution in [0, 0.1) is 0 Å². The fourth-order valence-electron chi connectivity index (χ4n) is 1.59. The summed E-state index contributed by atoms with van der Waals surface area (Å²) in [5.74, 6) is -0.702. The van der Waals surface area contributed by atoms with Crippen molar-refractivity contribution in [3.8, 4) is 0 Å². The van der Waals surface area contributed by atoms with Gasteiger partial charge in [0.2, 0.25) is 5.91 Å². The Morgan fingerprint density at radius 3 is 2.65 bits per heavy atom. The molecule has 1 atom stereocenters. The van der Waals surface area contributed by atoms with Crippen LogP contribution in [0.3, 0.4) is 0 Å². The smallest absolute Gasteiger partial charge is 0.318 e. The first-order valence-corrected chi connectivity index (χ1v) is 6.82. The molecule has 0 aromatic heterocycles. The van der Waals surface area contributed by atoms with Crippen molar-refractivity contribution >= 4 is 45.3 Å². The minimum Gasteiger partial charge on any atom is -0.480 e. The summed E-state index contributed by atoms with van der Waals surface area (Å²) in [5, 5.41) is 8.42. The number of carboxylic acids is 1. The van der Waals surface area contributed by atoms with E-state index in [9.17, 15) is 9.59 Å². The van der Waals surface area contributed by atoms with E-state index in [0.717, 1.165) is 10.2 Å². The predicted molar refractivity (Wildman–Crippen MR) is 70.4 cm³/mol. The lowest BCUT2D eigenvalue weighted by Gasteiger charge is -2.30. The predicted octanol–water partition coefficient (Wildman–Crippen LogP) is 1.98. The molecule has 17 heavy (non-hydrogen) atoms. The number of amides is 1. The number of hydrogen-bond donors (Lipinski definition) is 1. The van der Waals surface area contributed by atoms with Crippen molar-refractivity contribution in [3.05, 3.63) is 28.7 Å². The zero-order valence-electron chi connectivity index (χ0n) is 8.80. The van der Waals surface area contributed by atoms with Gasteiger partial charge < -0.3 is 10.0 Å². The molecule has 1 aromatic carbocycles. The van der Waals surface area contributed by atoms with Gasteiger partial charge in [-0.1, -0.05) is 15.9 Å². The van der Waals surface area contributed by atoms with Crippen LogP contribution in [0.1, 0.15) is 0 Å². The summed E-state index contributed by atoms with van der Waals surface area (Å²) >= 11 is 4.50. The Balaban J connectivity index is 2.20. The van der Waals surface area contributed by atoms with E-state index < -0.39 is 11.2 Å². The van der Waals surface area contributed by atoms with Gasteiger partial charge in [-0.2, -0.15) is 0 Å². The Morgan fingerprint density at radius 2 is 2.06 bits per heavy atom. The second-order valence-electron chi connectivity index (χ2n) is 3.62. The highest BCUT2D eigenvalue weighted by atomic mass is 79.9. The van der Waals surface area contributed by atoms with E-state index in [-0.39, 0.29) is 18.2 Å². The minimum atomic E-state index is -0.871. The number of aliphatic carboxylic acids is 1. The molecular weight excluding hydrogens is 306 g/mol. The lowest BCUT2D eigenvalue weighted by molar-refractivity contribution is -0.136. The number of thioether (sulfide) groups is 1. The first kappa shape index (κ1) is 12.4. The van der Waals surface area contributed by atoms with Gasteiger partial charge in [-0.25, -0.2) is 0 Å². The van der Waals surface area contributed by atoms with E-state index in [1.807, 2.05) is 12.1 Å². The molecule has 1 fully saturated rings. The zero-order valence-corrected chi connectivity index (χ0v) is 11.2. The molecule has 0 spiro atoms. The summed E-state index contributed by atoms with van der Waals surface area (Å²) in [6.07, 6.45) is 0. The molecule has 1 heterocycles. The Bertz CT molecular complexity index is 449. The summed E-state index contributed by atoms with van der Waals surface area (Å²) in [6.45, 7) is 0.223. The summed E-state index contributed by atoms with van der Waals surface area (Å²) in [7, 11) is 0. The van der Waals surface area contributed by atoms with Crippen molar-refractivity contribution in [2.45, 2.75) is 5.25 Å². The minimum absolute atomic E-state index is 0.0465. The van der Waals surface area contributed by atoms with Gasteiger partial charge in [-0.15, -0.1) is 11.8 Å². The molecule has 1 aliphatic heterocycles. The third kappa shape index (κ3) is 2.81. The van der Waals surface area contributed by atoms with Crippen LogP contribution in [-0.2, 0) is 9.59 Å². The van der Waals surface area contributed by atoms with E-state index in [4.69, 9.17) is 5.11 Å². The molecule has 0 saturated carbocycles. The van der Waals surface area contributed by atoms with Gasteiger partial charge in [0.05, 0.1) is 5.75 Å². The summed E-state index contributed by atoms with van der Waals surface area (Å²) < 4.78 is 0.926. The highest BCUT2D eigenvalue weighted by molar-refractivity contribution is 9.10. The molecule has 2 rings (SSSR count). The van der Waals surface area contributed by atoms with Gasteiger partial charge in [-0.05, 0) is 24.3 Å². The van der Waals surface area contributed by atoms with Crippen molar-refractivity contribution in [2.75, 3.05) is 17.2 Å². The van der Waals surface area contributed by atoms with Crippen molar-refractivity contribution < 1.29 is 14.7 Å². The maximum Gasteiger partial charge on any atom is 0.318 e. The van der Waals surface area contributed by atoms with Crippen LogP contribution in [0.15, 0.2) is 28.7 Å².